The molecule has 0 amide bonds. The number of nitrogens with zero attached hydrogens (tertiary/aromatic N) is 3. The number of methoxy groups -OCH3 is 1. The molecule has 0 spiro atoms. The molecule has 6 rings (SSSR count). The van der Waals surface area contributed by atoms with Gasteiger partial charge in [0.15, 0.2) is 0 Å². The summed E-state index contributed by atoms with van der Waals surface area (Å²) in [6.45, 7) is 4.94. The van der Waals surface area contributed by atoms with Crippen molar-refractivity contribution in [3.05, 3.63) is 83.3 Å². The minimum absolute atomic E-state index is 0.279. The Morgan fingerprint density at radius 1 is 1.00 bits per heavy atom. The highest BCUT2D eigenvalue weighted by molar-refractivity contribution is 6.05. The van der Waals surface area contributed by atoms with Gasteiger partial charge >= 0.3 is 5.97 Å². The van der Waals surface area contributed by atoms with Gasteiger partial charge in [0, 0.05) is 49.2 Å². The molecular weight excluding hydrogens is 554 g/mol. The summed E-state index contributed by atoms with van der Waals surface area (Å²) in [5.41, 5.74) is 6.59. The fraction of sp³-hybridized carbons (Fsp3) is 0.389. The van der Waals surface area contributed by atoms with Crippen LogP contribution >= 0.6 is 0 Å². The second-order valence-electron chi connectivity index (χ2n) is 11.3. The normalized spacial score (nSPS) is 13.8. The molecule has 230 valence electrons. The molecule has 0 radical (unpaired) electrons. The van der Waals surface area contributed by atoms with Crippen molar-refractivity contribution in [1.82, 2.24) is 14.3 Å². The predicted octanol–water partition coefficient (Wildman–Crippen LogP) is 7.23. The molecule has 0 fully saturated rings. The molecule has 1 aliphatic heterocycles. The molecule has 2 aromatic heterocycles. The monoisotopic (exact) mass is 595 g/mol. The Labute approximate surface area is 258 Å². The molecule has 1 aliphatic rings. The number of hydrogen-bond donors (Lipinski definition) is 0. The molecule has 0 bridgehead atoms. The number of fused-ring (bicyclic) bond motifs is 3. The third kappa shape index (κ3) is 5.84. The number of aromatic nitrogens is 3. The van der Waals surface area contributed by atoms with Crippen LogP contribution in [0.15, 0.2) is 60.7 Å². The maximum absolute atomic E-state index is 13.7. The fourth-order valence-electron chi connectivity index (χ4n) is 6.50. The van der Waals surface area contributed by atoms with Crippen LogP contribution < -0.4 is 4.74 Å². The highest BCUT2D eigenvalue weighted by Gasteiger charge is 2.28. The lowest BCUT2D eigenvalue weighted by atomic mass is 9.98. The van der Waals surface area contributed by atoms with E-state index in [1.54, 1.807) is 7.11 Å². The summed E-state index contributed by atoms with van der Waals surface area (Å²) >= 11 is 0. The Morgan fingerprint density at radius 2 is 1.82 bits per heavy atom. The van der Waals surface area contributed by atoms with Gasteiger partial charge in [0.2, 0.25) is 0 Å². The summed E-state index contributed by atoms with van der Waals surface area (Å²) in [6, 6.07) is 20.7. The number of ether oxygens (including phenoxy) is 4. The molecule has 3 aromatic carbocycles. The van der Waals surface area contributed by atoms with Crippen molar-refractivity contribution in [2.75, 3.05) is 26.9 Å². The number of carbonyl (C=O) groups excluding carboxylic acids is 1. The third-order valence-corrected chi connectivity index (χ3v) is 8.43. The molecule has 5 aromatic rings. The Balaban J connectivity index is 1.44. The molecular formula is C36H41N3O5. The average Bonchev–Trinajstić information content (AvgIpc) is 3.51. The van der Waals surface area contributed by atoms with Gasteiger partial charge in [0.05, 0.1) is 43.3 Å². The Hall–Kier alpha value is -4.14. The number of para-hydroxylation sites is 1. The number of rotatable bonds is 9. The van der Waals surface area contributed by atoms with Crippen LogP contribution in [0.25, 0.3) is 32.8 Å². The lowest BCUT2D eigenvalue weighted by Crippen LogP contribution is -2.15. The minimum atomic E-state index is -0.279. The first-order valence-electron chi connectivity index (χ1n) is 15.7. The average molecular weight is 596 g/mol. The smallest absolute Gasteiger partial charge is 0.355 e. The van der Waals surface area contributed by atoms with Gasteiger partial charge in [-0.05, 0) is 56.0 Å². The largest absolute Gasteiger partial charge is 0.493 e. The molecule has 0 saturated heterocycles. The van der Waals surface area contributed by atoms with Crippen LogP contribution in [-0.2, 0) is 47.4 Å². The second kappa shape index (κ2) is 13.7. The highest BCUT2D eigenvalue weighted by atomic mass is 16.5. The van der Waals surface area contributed by atoms with Gasteiger partial charge in [-0.3, -0.25) is 4.68 Å². The van der Waals surface area contributed by atoms with Crippen LogP contribution in [0.5, 0.6) is 5.75 Å². The molecule has 0 unspecified atom stereocenters. The van der Waals surface area contributed by atoms with Crippen molar-refractivity contribution < 1.29 is 23.7 Å². The summed E-state index contributed by atoms with van der Waals surface area (Å²) in [5, 5.41) is 8.15. The van der Waals surface area contributed by atoms with Gasteiger partial charge in [0.1, 0.15) is 11.4 Å². The summed E-state index contributed by atoms with van der Waals surface area (Å²) in [6.07, 6.45) is 4.32. The van der Waals surface area contributed by atoms with E-state index in [0.717, 1.165) is 81.2 Å². The lowest BCUT2D eigenvalue weighted by Gasteiger charge is -2.16. The van der Waals surface area contributed by atoms with Gasteiger partial charge in [-0.2, -0.15) is 5.10 Å². The van der Waals surface area contributed by atoms with E-state index in [1.165, 1.54) is 0 Å². The van der Waals surface area contributed by atoms with Crippen LogP contribution in [0, 0.1) is 0 Å². The van der Waals surface area contributed by atoms with Gasteiger partial charge < -0.3 is 23.5 Å². The molecule has 0 aliphatic carbocycles. The molecule has 8 nitrogen and oxygen atoms in total. The van der Waals surface area contributed by atoms with Gasteiger partial charge in [-0.1, -0.05) is 54.6 Å². The van der Waals surface area contributed by atoms with Crippen molar-refractivity contribution in [3.8, 4) is 16.9 Å². The van der Waals surface area contributed by atoms with Gasteiger partial charge in [-0.15, -0.1) is 0 Å². The van der Waals surface area contributed by atoms with Crippen LogP contribution in [-0.4, -0.2) is 47.2 Å². The standard InChI is InChI=1S/C36H41N3O5/c1-4-43-36(40)35-28(18-12-22-44-32-19-10-14-25-13-6-7-15-26(25)32)27-16-11-17-29-33-30(23-41-3)37-38(2)31(33)24-42-21-9-5-8-20-39(35)34(27)29/h6-7,10-11,13-17,19H,4-5,8-9,12,18,20-24H2,1-3H3. The highest BCUT2D eigenvalue weighted by Crippen LogP contribution is 2.39. The first-order valence-corrected chi connectivity index (χ1v) is 15.7. The van der Waals surface area contributed by atoms with E-state index in [2.05, 4.69) is 41.0 Å². The van der Waals surface area contributed by atoms with E-state index >= 15 is 0 Å². The van der Waals surface area contributed by atoms with E-state index in [4.69, 9.17) is 24.0 Å². The predicted molar refractivity (Wildman–Crippen MR) is 172 cm³/mol. The van der Waals surface area contributed by atoms with Gasteiger partial charge in [0.25, 0.3) is 0 Å². The summed E-state index contributed by atoms with van der Waals surface area (Å²) in [5.74, 6) is 0.597. The van der Waals surface area contributed by atoms with Crippen molar-refractivity contribution in [2.24, 2.45) is 7.05 Å². The van der Waals surface area contributed by atoms with Crippen molar-refractivity contribution in [3.63, 3.8) is 0 Å². The Kier molecular flexibility index (Phi) is 9.28. The number of aryl methyl sites for hydroxylation is 3. The molecule has 0 saturated carbocycles. The molecule has 0 N–H and O–H groups in total. The van der Waals surface area contributed by atoms with E-state index < -0.39 is 0 Å². The van der Waals surface area contributed by atoms with E-state index in [1.807, 2.05) is 42.9 Å². The zero-order valence-electron chi connectivity index (χ0n) is 25.9. The number of esters is 1. The maximum atomic E-state index is 13.7. The first-order chi connectivity index (χ1) is 21.6. The van der Waals surface area contributed by atoms with Crippen LogP contribution in [0.4, 0.5) is 0 Å². The summed E-state index contributed by atoms with van der Waals surface area (Å²) < 4.78 is 27.8. The zero-order valence-corrected chi connectivity index (χ0v) is 25.9. The van der Waals surface area contributed by atoms with Gasteiger partial charge in [-0.25, -0.2) is 4.79 Å². The third-order valence-electron chi connectivity index (χ3n) is 8.43. The number of benzene rings is 3. The molecule has 8 heteroatoms. The van der Waals surface area contributed by atoms with Crippen molar-refractivity contribution in [1.29, 1.82) is 0 Å². The van der Waals surface area contributed by atoms with E-state index in [9.17, 15) is 4.79 Å². The summed E-state index contributed by atoms with van der Waals surface area (Å²) in [4.78, 5) is 13.7. The molecule has 0 atom stereocenters. The minimum Gasteiger partial charge on any atom is -0.493 e. The van der Waals surface area contributed by atoms with Crippen molar-refractivity contribution >= 4 is 27.6 Å². The topological polar surface area (TPSA) is 76.7 Å². The second-order valence-corrected chi connectivity index (χ2v) is 11.3. The SMILES string of the molecule is CCOC(=O)c1c(CCCOc2cccc3ccccc23)c2cccc3c2n1CCCCCOCc1c-3c(COC)nn1C. The van der Waals surface area contributed by atoms with E-state index in [0.29, 0.717) is 51.7 Å². The maximum Gasteiger partial charge on any atom is 0.355 e. The van der Waals surface area contributed by atoms with Crippen molar-refractivity contribution in [2.45, 2.75) is 58.8 Å². The first kappa shape index (κ1) is 29.9. The van der Waals surface area contributed by atoms with Crippen LogP contribution in [0.3, 0.4) is 0 Å². The molecule has 44 heavy (non-hydrogen) atoms. The molecule has 3 heterocycles. The zero-order chi connectivity index (χ0) is 30.5. The number of hydrogen-bond acceptors (Lipinski definition) is 6. The number of carbonyl (C=O) groups is 1. The van der Waals surface area contributed by atoms with Crippen LogP contribution in [0.2, 0.25) is 0 Å². The van der Waals surface area contributed by atoms with Crippen LogP contribution in [0.1, 0.15) is 60.0 Å². The Bertz CT molecular complexity index is 1760. The summed E-state index contributed by atoms with van der Waals surface area (Å²) in [7, 11) is 3.64. The lowest BCUT2D eigenvalue weighted by molar-refractivity contribution is 0.0512. The fourth-order valence-corrected chi connectivity index (χ4v) is 6.50. The van der Waals surface area contributed by atoms with E-state index in [-0.39, 0.29) is 5.97 Å². The Morgan fingerprint density at radius 3 is 2.68 bits per heavy atom. The quantitative estimate of drug-likeness (QED) is 0.132.